The summed E-state index contributed by atoms with van der Waals surface area (Å²) >= 11 is 3.78. The van der Waals surface area contributed by atoms with E-state index in [-0.39, 0.29) is 0 Å². The summed E-state index contributed by atoms with van der Waals surface area (Å²) in [5, 5.41) is 7.73. The molecule has 0 fully saturated rings. The molecule has 55 heavy (non-hydrogen) atoms. The number of rotatable bonds is 6. The Morgan fingerprint density at radius 2 is 0.782 bits per heavy atom. The Balaban J connectivity index is 1.20. The molecular formula is C52H33NS2. The minimum Gasteiger partial charge on any atom is -0.309 e. The van der Waals surface area contributed by atoms with Crippen molar-refractivity contribution in [2.24, 2.45) is 0 Å². The highest BCUT2D eigenvalue weighted by Gasteiger charge is 2.26. The van der Waals surface area contributed by atoms with Gasteiger partial charge in [0.05, 0.1) is 5.69 Å². The maximum atomic E-state index is 2.51. The molecule has 0 unspecified atom stereocenters. The van der Waals surface area contributed by atoms with Crippen LogP contribution in [-0.4, -0.2) is 0 Å². The van der Waals surface area contributed by atoms with Gasteiger partial charge in [0.25, 0.3) is 0 Å². The second-order valence-electron chi connectivity index (χ2n) is 14.0. The van der Waals surface area contributed by atoms with E-state index in [0.29, 0.717) is 0 Å². The molecule has 0 aliphatic heterocycles. The van der Waals surface area contributed by atoms with Gasteiger partial charge in [-0.05, 0) is 69.6 Å². The summed E-state index contributed by atoms with van der Waals surface area (Å²) in [6, 6.07) is 73.3. The Bertz CT molecular complexity index is 3180. The SMILES string of the molecule is c1ccc(-c2ccc(N(c3ccc(-c4cccc5c4sc4ccccc45)cc3)c3c(-c4ccccc4)c4ccccc4c4sc5ccccc5c34)cc2)cc1. The van der Waals surface area contributed by atoms with Crippen LogP contribution in [0.1, 0.15) is 0 Å². The molecule has 1 nitrogen and oxygen atoms in total. The Kier molecular flexibility index (Phi) is 7.61. The molecule has 2 heterocycles. The van der Waals surface area contributed by atoms with Crippen molar-refractivity contribution in [1.29, 1.82) is 0 Å². The third kappa shape index (κ3) is 5.27. The van der Waals surface area contributed by atoms with E-state index >= 15 is 0 Å². The lowest BCUT2D eigenvalue weighted by Gasteiger charge is -2.30. The number of hydrogen-bond acceptors (Lipinski definition) is 3. The average molecular weight is 736 g/mol. The second-order valence-corrected chi connectivity index (χ2v) is 16.1. The molecule has 0 saturated heterocycles. The standard InChI is InChI=1S/C52H33NS2/c1-3-14-34(15-4-1)35-26-30-38(31-27-35)53(39-32-28-36(29-33-39)40-22-13-23-43-41-18-9-11-24-46(41)54-51(40)43)50-48(37-16-5-2-6-17-37)42-19-7-8-20-44(42)52-49(50)45-21-10-12-25-47(45)55-52/h1-33H. The fraction of sp³-hybridized carbons (Fsp3) is 0. The third-order valence-corrected chi connectivity index (χ3v) is 13.3. The van der Waals surface area contributed by atoms with Gasteiger partial charge in [-0.3, -0.25) is 0 Å². The summed E-state index contributed by atoms with van der Waals surface area (Å²) in [6.45, 7) is 0. The number of nitrogens with zero attached hydrogens (tertiary/aromatic N) is 1. The molecule has 0 saturated carbocycles. The van der Waals surface area contributed by atoms with Crippen molar-refractivity contribution < 1.29 is 0 Å². The summed E-state index contributed by atoms with van der Waals surface area (Å²) in [7, 11) is 0. The van der Waals surface area contributed by atoms with Crippen LogP contribution < -0.4 is 4.90 Å². The van der Waals surface area contributed by atoms with Crippen LogP contribution in [0.5, 0.6) is 0 Å². The summed E-state index contributed by atoms with van der Waals surface area (Å²) in [5.41, 5.74) is 10.8. The van der Waals surface area contributed by atoms with Gasteiger partial charge in [0.2, 0.25) is 0 Å². The van der Waals surface area contributed by atoms with Gasteiger partial charge >= 0.3 is 0 Å². The monoisotopic (exact) mass is 735 g/mol. The first kappa shape index (κ1) is 32.0. The van der Waals surface area contributed by atoms with E-state index in [1.807, 2.05) is 22.7 Å². The molecule has 0 N–H and O–H groups in total. The van der Waals surface area contributed by atoms with E-state index in [0.717, 1.165) is 11.4 Å². The van der Waals surface area contributed by atoms with Gasteiger partial charge in [0, 0.05) is 62.7 Å². The van der Waals surface area contributed by atoms with Crippen LogP contribution >= 0.6 is 22.7 Å². The molecule has 0 atom stereocenters. The molecule has 0 radical (unpaired) electrons. The molecule has 258 valence electrons. The van der Waals surface area contributed by atoms with E-state index in [1.165, 1.54) is 90.2 Å². The summed E-state index contributed by atoms with van der Waals surface area (Å²) in [5.74, 6) is 0. The Morgan fingerprint density at radius 3 is 1.47 bits per heavy atom. The molecule has 0 aliphatic rings. The predicted octanol–water partition coefficient (Wildman–Crippen LogP) is 16.0. The van der Waals surface area contributed by atoms with Crippen LogP contribution in [0.3, 0.4) is 0 Å². The molecule has 11 aromatic rings. The number of anilines is 3. The van der Waals surface area contributed by atoms with Crippen LogP contribution in [0.2, 0.25) is 0 Å². The minimum absolute atomic E-state index is 1.11. The van der Waals surface area contributed by atoms with Crippen LogP contribution in [0.15, 0.2) is 200 Å². The van der Waals surface area contributed by atoms with Gasteiger partial charge in [-0.25, -0.2) is 0 Å². The van der Waals surface area contributed by atoms with Crippen molar-refractivity contribution in [2.45, 2.75) is 0 Å². The second kappa shape index (κ2) is 13.1. The molecule has 9 aromatic carbocycles. The number of fused-ring (bicyclic) bond motifs is 8. The predicted molar refractivity (Wildman–Crippen MR) is 241 cm³/mol. The summed E-state index contributed by atoms with van der Waals surface area (Å²) in [4.78, 5) is 2.51. The summed E-state index contributed by atoms with van der Waals surface area (Å²) in [6.07, 6.45) is 0. The highest BCUT2D eigenvalue weighted by atomic mass is 32.1. The normalized spacial score (nSPS) is 11.6. The maximum absolute atomic E-state index is 2.51. The maximum Gasteiger partial charge on any atom is 0.0639 e. The zero-order chi connectivity index (χ0) is 36.3. The van der Waals surface area contributed by atoms with Gasteiger partial charge < -0.3 is 4.90 Å². The van der Waals surface area contributed by atoms with Crippen LogP contribution in [0.4, 0.5) is 17.1 Å². The fourth-order valence-electron chi connectivity index (χ4n) is 8.35. The first-order chi connectivity index (χ1) is 27.3. The zero-order valence-corrected chi connectivity index (χ0v) is 31.4. The molecular weight excluding hydrogens is 703 g/mol. The molecule has 0 bridgehead atoms. The molecule has 0 spiro atoms. The molecule has 0 amide bonds. The lowest BCUT2D eigenvalue weighted by atomic mass is 9.91. The fourth-order valence-corrected chi connectivity index (χ4v) is 10.8. The number of thiophene rings is 2. The Hall–Kier alpha value is -6.52. The van der Waals surface area contributed by atoms with Crippen molar-refractivity contribution >= 4 is 90.9 Å². The van der Waals surface area contributed by atoms with E-state index < -0.39 is 0 Å². The van der Waals surface area contributed by atoms with Crippen molar-refractivity contribution in [3.63, 3.8) is 0 Å². The van der Waals surface area contributed by atoms with Gasteiger partial charge in [-0.15, -0.1) is 22.7 Å². The highest BCUT2D eigenvalue weighted by Crippen LogP contribution is 2.53. The van der Waals surface area contributed by atoms with E-state index in [4.69, 9.17) is 0 Å². The minimum atomic E-state index is 1.11. The Labute approximate surface area is 327 Å². The first-order valence-electron chi connectivity index (χ1n) is 18.7. The van der Waals surface area contributed by atoms with Crippen molar-refractivity contribution in [2.75, 3.05) is 4.90 Å². The average Bonchev–Trinajstić information content (AvgIpc) is 3.84. The molecule has 0 aliphatic carbocycles. The molecule has 3 heteroatoms. The molecule has 2 aromatic heterocycles. The highest BCUT2D eigenvalue weighted by molar-refractivity contribution is 7.27. The Morgan fingerprint density at radius 1 is 0.309 bits per heavy atom. The summed E-state index contributed by atoms with van der Waals surface area (Å²) < 4.78 is 5.26. The number of benzene rings is 9. The first-order valence-corrected chi connectivity index (χ1v) is 20.3. The lowest BCUT2D eigenvalue weighted by molar-refractivity contribution is 1.30. The topological polar surface area (TPSA) is 3.24 Å². The quantitative estimate of drug-likeness (QED) is 0.164. The third-order valence-electron chi connectivity index (χ3n) is 10.9. The van der Waals surface area contributed by atoms with Crippen molar-refractivity contribution in [3.05, 3.63) is 200 Å². The van der Waals surface area contributed by atoms with Gasteiger partial charge in [-0.1, -0.05) is 164 Å². The van der Waals surface area contributed by atoms with Gasteiger partial charge in [-0.2, -0.15) is 0 Å². The van der Waals surface area contributed by atoms with Gasteiger partial charge in [0.1, 0.15) is 0 Å². The number of hydrogen-bond donors (Lipinski definition) is 0. The lowest BCUT2D eigenvalue weighted by Crippen LogP contribution is -2.12. The zero-order valence-electron chi connectivity index (χ0n) is 29.8. The molecule has 11 rings (SSSR count). The van der Waals surface area contributed by atoms with Crippen LogP contribution in [0, 0.1) is 0 Å². The van der Waals surface area contributed by atoms with E-state index in [2.05, 4.69) is 205 Å². The van der Waals surface area contributed by atoms with Crippen LogP contribution in [0.25, 0.3) is 84.5 Å². The van der Waals surface area contributed by atoms with E-state index in [9.17, 15) is 0 Å². The van der Waals surface area contributed by atoms with E-state index in [1.54, 1.807) is 0 Å². The van der Waals surface area contributed by atoms with Crippen molar-refractivity contribution in [3.8, 4) is 33.4 Å². The van der Waals surface area contributed by atoms with Gasteiger partial charge in [0.15, 0.2) is 0 Å². The van der Waals surface area contributed by atoms with Crippen LogP contribution in [-0.2, 0) is 0 Å². The largest absolute Gasteiger partial charge is 0.309 e. The smallest absolute Gasteiger partial charge is 0.0639 e. The van der Waals surface area contributed by atoms with Crippen molar-refractivity contribution in [1.82, 2.24) is 0 Å².